The van der Waals surface area contributed by atoms with Crippen LogP contribution in [0.25, 0.3) is 5.76 Å². The molecule has 0 saturated carbocycles. The summed E-state index contributed by atoms with van der Waals surface area (Å²) in [5, 5.41) is 11.2. The first-order valence-electron chi connectivity index (χ1n) is 10.7. The SMILES string of the molecule is CCOc1ccc(N2C(=O)C(=O)/C(=C(/O)c3ccc(C)cc3)C2c2cccc(OC)c2)cc1. The molecule has 0 aliphatic carbocycles. The quantitative estimate of drug-likeness (QED) is 0.329. The lowest BCUT2D eigenvalue weighted by Gasteiger charge is -2.26. The Kier molecular flexibility index (Phi) is 6.18. The van der Waals surface area contributed by atoms with Crippen LogP contribution in [0.4, 0.5) is 5.69 Å². The van der Waals surface area contributed by atoms with Crippen molar-refractivity contribution in [2.45, 2.75) is 19.9 Å². The molecule has 1 unspecified atom stereocenters. The van der Waals surface area contributed by atoms with E-state index in [1.165, 1.54) is 4.90 Å². The number of carbonyl (C=O) groups excluding carboxylic acids is 2. The van der Waals surface area contributed by atoms with Crippen molar-refractivity contribution in [3.63, 3.8) is 0 Å². The monoisotopic (exact) mass is 443 g/mol. The molecule has 1 heterocycles. The first kappa shape index (κ1) is 22.1. The molecule has 33 heavy (non-hydrogen) atoms. The first-order chi connectivity index (χ1) is 15.9. The average Bonchev–Trinajstić information content (AvgIpc) is 3.10. The molecule has 0 spiro atoms. The number of aliphatic hydroxyl groups is 1. The minimum absolute atomic E-state index is 0.0333. The molecule has 1 N–H and O–H groups in total. The molecule has 3 aromatic carbocycles. The highest BCUT2D eigenvalue weighted by Gasteiger charge is 2.47. The number of hydrogen-bond acceptors (Lipinski definition) is 5. The third-order valence-electron chi connectivity index (χ3n) is 5.60. The zero-order chi connectivity index (χ0) is 23.5. The van der Waals surface area contributed by atoms with Gasteiger partial charge in [-0.25, -0.2) is 0 Å². The van der Waals surface area contributed by atoms with Crippen molar-refractivity contribution in [2.24, 2.45) is 0 Å². The molecule has 3 aromatic rings. The van der Waals surface area contributed by atoms with Crippen LogP contribution in [0.15, 0.2) is 78.4 Å². The van der Waals surface area contributed by atoms with Gasteiger partial charge < -0.3 is 14.6 Å². The van der Waals surface area contributed by atoms with Gasteiger partial charge in [0.05, 0.1) is 25.3 Å². The van der Waals surface area contributed by atoms with Gasteiger partial charge in [0.1, 0.15) is 17.3 Å². The van der Waals surface area contributed by atoms with Crippen molar-refractivity contribution >= 4 is 23.1 Å². The van der Waals surface area contributed by atoms with Gasteiger partial charge in [-0.3, -0.25) is 14.5 Å². The van der Waals surface area contributed by atoms with Crippen molar-refractivity contribution in [2.75, 3.05) is 18.6 Å². The lowest BCUT2D eigenvalue weighted by atomic mass is 9.94. The van der Waals surface area contributed by atoms with Crippen LogP contribution in [0.1, 0.15) is 29.7 Å². The maximum atomic E-state index is 13.2. The number of nitrogens with zero attached hydrogens (tertiary/aromatic N) is 1. The van der Waals surface area contributed by atoms with E-state index in [-0.39, 0.29) is 11.3 Å². The average molecular weight is 443 g/mol. The van der Waals surface area contributed by atoms with E-state index >= 15 is 0 Å². The highest BCUT2D eigenvalue weighted by atomic mass is 16.5. The summed E-state index contributed by atoms with van der Waals surface area (Å²) in [6.45, 7) is 4.34. The highest BCUT2D eigenvalue weighted by Crippen LogP contribution is 2.43. The number of benzene rings is 3. The second kappa shape index (κ2) is 9.20. The van der Waals surface area contributed by atoms with Gasteiger partial charge in [0.15, 0.2) is 0 Å². The summed E-state index contributed by atoms with van der Waals surface area (Å²) in [5.74, 6) is -0.416. The van der Waals surface area contributed by atoms with Crippen LogP contribution in [0, 0.1) is 6.92 Å². The zero-order valence-corrected chi connectivity index (χ0v) is 18.7. The van der Waals surface area contributed by atoms with Crippen molar-refractivity contribution in [1.82, 2.24) is 0 Å². The number of carbonyl (C=O) groups is 2. The Labute approximate surface area is 192 Å². The number of amides is 1. The third-order valence-corrected chi connectivity index (χ3v) is 5.60. The van der Waals surface area contributed by atoms with Crippen LogP contribution in [-0.2, 0) is 9.59 Å². The standard InChI is InChI=1S/C27H25NO5/c1-4-33-21-14-12-20(13-15-21)28-24(19-6-5-7-22(16-19)32-3)23(26(30)27(28)31)25(29)18-10-8-17(2)9-11-18/h5-16,24,29H,4H2,1-3H3/b25-23+. The second-order valence-electron chi connectivity index (χ2n) is 7.74. The molecule has 1 fully saturated rings. The fourth-order valence-corrected chi connectivity index (χ4v) is 3.96. The Morgan fingerprint density at radius 1 is 0.970 bits per heavy atom. The van der Waals surface area contributed by atoms with Gasteiger partial charge in [-0.15, -0.1) is 0 Å². The molecule has 6 nitrogen and oxygen atoms in total. The maximum Gasteiger partial charge on any atom is 0.300 e. The number of hydrogen-bond donors (Lipinski definition) is 1. The predicted octanol–water partition coefficient (Wildman–Crippen LogP) is 5.03. The van der Waals surface area contributed by atoms with Crippen LogP contribution >= 0.6 is 0 Å². The number of rotatable bonds is 6. The zero-order valence-electron chi connectivity index (χ0n) is 18.7. The lowest BCUT2D eigenvalue weighted by molar-refractivity contribution is -0.132. The van der Waals surface area contributed by atoms with E-state index in [9.17, 15) is 14.7 Å². The molecule has 1 amide bonds. The summed E-state index contributed by atoms with van der Waals surface area (Å²) < 4.78 is 10.9. The summed E-state index contributed by atoms with van der Waals surface area (Å²) in [6.07, 6.45) is 0. The molecule has 1 atom stereocenters. The fourth-order valence-electron chi connectivity index (χ4n) is 3.96. The smallest absolute Gasteiger partial charge is 0.300 e. The van der Waals surface area contributed by atoms with Crippen molar-refractivity contribution in [3.8, 4) is 11.5 Å². The van der Waals surface area contributed by atoms with Gasteiger partial charge in [-0.05, 0) is 55.8 Å². The van der Waals surface area contributed by atoms with Gasteiger partial charge in [-0.2, -0.15) is 0 Å². The summed E-state index contributed by atoms with van der Waals surface area (Å²) in [7, 11) is 1.55. The van der Waals surface area contributed by atoms with Gasteiger partial charge in [0.25, 0.3) is 11.7 Å². The molecule has 6 heteroatoms. The summed E-state index contributed by atoms with van der Waals surface area (Å²) in [5.41, 5.74) is 2.70. The topological polar surface area (TPSA) is 76.1 Å². The van der Waals surface area contributed by atoms with Crippen LogP contribution in [-0.4, -0.2) is 30.5 Å². The third kappa shape index (κ3) is 4.20. The van der Waals surface area contributed by atoms with E-state index in [4.69, 9.17) is 9.47 Å². The van der Waals surface area contributed by atoms with E-state index < -0.39 is 17.7 Å². The van der Waals surface area contributed by atoms with Crippen LogP contribution in [0.2, 0.25) is 0 Å². The number of aliphatic hydroxyl groups excluding tert-OH is 1. The molecule has 1 aliphatic rings. The summed E-state index contributed by atoms with van der Waals surface area (Å²) >= 11 is 0. The molecule has 0 bridgehead atoms. The lowest BCUT2D eigenvalue weighted by Crippen LogP contribution is -2.29. The summed E-state index contributed by atoms with van der Waals surface area (Å²) in [4.78, 5) is 27.8. The van der Waals surface area contributed by atoms with E-state index in [1.54, 1.807) is 61.7 Å². The molecule has 1 aliphatic heterocycles. The summed E-state index contributed by atoms with van der Waals surface area (Å²) in [6, 6.07) is 20.4. The van der Waals surface area contributed by atoms with E-state index in [1.807, 2.05) is 32.0 Å². The number of Topliss-reactive ketones (excluding diaryl/α,β-unsaturated/α-hetero) is 1. The van der Waals surface area contributed by atoms with Crippen molar-refractivity contribution < 1.29 is 24.2 Å². The maximum absolute atomic E-state index is 13.2. The van der Waals surface area contributed by atoms with Crippen molar-refractivity contribution in [1.29, 1.82) is 0 Å². The first-order valence-corrected chi connectivity index (χ1v) is 10.7. The van der Waals surface area contributed by atoms with E-state index in [0.29, 0.717) is 34.9 Å². The predicted molar refractivity (Wildman–Crippen MR) is 127 cm³/mol. The Bertz CT molecular complexity index is 1210. The van der Waals surface area contributed by atoms with Gasteiger partial charge in [0, 0.05) is 11.3 Å². The number of anilines is 1. The van der Waals surface area contributed by atoms with Crippen molar-refractivity contribution in [3.05, 3.63) is 95.1 Å². The van der Waals surface area contributed by atoms with Gasteiger partial charge >= 0.3 is 0 Å². The number of ketones is 1. The number of methoxy groups -OCH3 is 1. The fraction of sp³-hybridized carbons (Fsp3) is 0.185. The largest absolute Gasteiger partial charge is 0.507 e. The molecule has 0 aromatic heterocycles. The number of ether oxygens (including phenoxy) is 2. The normalized spacial score (nSPS) is 17.3. The van der Waals surface area contributed by atoms with Gasteiger partial charge in [0.2, 0.25) is 0 Å². The van der Waals surface area contributed by atoms with Crippen LogP contribution in [0.5, 0.6) is 11.5 Å². The molecular formula is C27H25NO5. The Morgan fingerprint density at radius 3 is 2.30 bits per heavy atom. The molecular weight excluding hydrogens is 418 g/mol. The Hall–Kier alpha value is -4.06. The van der Waals surface area contributed by atoms with E-state index in [2.05, 4.69) is 0 Å². The van der Waals surface area contributed by atoms with E-state index in [0.717, 1.165) is 5.56 Å². The Balaban J connectivity index is 1.90. The second-order valence-corrected chi connectivity index (χ2v) is 7.74. The van der Waals surface area contributed by atoms with Gasteiger partial charge in [-0.1, -0.05) is 42.0 Å². The molecule has 1 saturated heterocycles. The highest BCUT2D eigenvalue weighted by molar-refractivity contribution is 6.51. The minimum atomic E-state index is -0.820. The van der Waals surface area contributed by atoms with Crippen LogP contribution < -0.4 is 14.4 Å². The van der Waals surface area contributed by atoms with Crippen LogP contribution in [0.3, 0.4) is 0 Å². The molecule has 4 rings (SSSR count). The number of aryl methyl sites for hydroxylation is 1. The molecule has 168 valence electrons. The molecule has 0 radical (unpaired) electrons. The Morgan fingerprint density at radius 2 is 1.67 bits per heavy atom. The minimum Gasteiger partial charge on any atom is -0.507 e.